The SMILES string of the molecule is CCC(O)c1cc(F)c(-c2cc(C(N)=O)c(Nc3ccc(COC(=O)NC)c(C)n3)s2)c(F)c1. The number of aliphatic hydroxyl groups is 1. The number of nitrogens with one attached hydrogen (secondary N) is 2. The van der Waals surface area contributed by atoms with Crippen LogP contribution in [0.3, 0.4) is 0 Å². The number of anilines is 2. The minimum absolute atomic E-state index is 0.0236. The number of benzene rings is 1. The number of ether oxygens (including phenoxy) is 1. The van der Waals surface area contributed by atoms with Crippen LogP contribution < -0.4 is 16.4 Å². The zero-order valence-electron chi connectivity index (χ0n) is 18.7. The second kappa shape index (κ2) is 10.6. The molecule has 2 amide bonds. The molecule has 0 radical (unpaired) electrons. The maximum atomic E-state index is 14.8. The lowest BCUT2D eigenvalue weighted by molar-refractivity contribution is 0.100. The molecule has 180 valence electrons. The third kappa shape index (κ3) is 5.49. The van der Waals surface area contributed by atoms with Gasteiger partial charge in [-0.1, -0.05) is 13.0 Å². The van der Waals surface area contributed by atoms with Gasteiger partial charge in [-0.05, 0) is 43.2 Å². The third-order valence-corrected chi connectivity index (χ3v) is 6.15. The molecule has 1 atom stereocenters. The van der Waals surface area contributed by atoms with Crippen molar-refractivity contribution in [1.29, 1.82) is 0 Å². The Kier molecular flexibility index (Phi) is 7.79. The first-order valence-corrected chi connectivity index (χ1v) is 11.1. The summed E-state index contributed by atoms with van der Waals surface area (Å²) < 4.78 is 34.6. The molecule has 8 nitrogen and oxygen atoms in total. The fraction of sp³-hybridized carbons (Fsp3) is 0.261. The number of halogens is 2. The van der Waals surface area contributed by atoms with Crippen molar-refractivity contribution in [3.05, 3.63) is 64.4 Å². The lowest BCUT2D eigenvalue weighted by Gasteiger charge is -2.11. The quantitative estimate of drug-likeness (QED) is 0.367. The molecule has 0 saturated carbocycles. The molecule has 0 fully saturated rings. The van der Waals surface area contributed by atoms with E-state index in [0.717, 1.165) is 23.5 Å². The Morgan fingerprint density at radius 3 is 2.47 bits per heavy atom. The number of alkyl carbamates (subject to hydrolysis) is 1. The van der Waals surface area contributed by atoms with E-state index in [1.54, 1.807) is 26.0 Å². The molecule has 0 aliphatic rings. The standard InChI is InChI=1S/C23H24F2N4O4S/c1-4-17(30)13-7-15(24)20(16(25)8-13)18-9-14(21(26)31)22(34-18)29-19-6-5-12(11(2)28-19)10-33-23(32)27-3/h5-9,17,30H,4,10H2,1-3H3,(H2,26,31)(H,27,32)(H,28,29). The monoisotopic (exact) mass is 490 g/mol. The van der Waals surface area contributed by atoms with Gasteiger partial charge in [-0.3, -0.25) is 4.79 Å². The van der Waals surface area contributed by atoms with E-state index in [-0.39, 0.29) is 33.2 Å². The molecular weight excluding hydrogens is 466 g/mol. The minimum Gasteiger partial charge on any atom is -0.445 e. The first-order valence-electron chi connectivity index (χ1n) is 10.3. The summed E-state index contributed by atoms with van der Waals surface area (Å²) in [6, 6.07) is 6.78. The Balaban J connectivity index is 1.92. The smallest absolute Gasteiger partial charge is 0.407 e. The highest BCUT2D eigenvalue weighted by atomic mass is 32.1. The van der Waals surface area contributed by atoms with E-state index in [1.165, 1.54) is 13.1 Å². The molecule has 2 aromatic heterocycles. The van der Waals surface area contributed by atoms with Crippen LogP contribution in [-0.2, 0) is 11.3 Å². The fourth-order valence-electron chi connectivity index (χ4n) is 3.19. The van der Waals surface area contributed by atoms with Gasteiger partial charge in [-0.25, -0.2) is 18.6 Å². The first kappa shape index (κ1) is 25.1. The van der Waals surface area contributed by atoms with Crippen LogP contribution >= 0.6 is 11.3 Å². The zero-order valence-corrected chi connectivity index (χ0v) is 19.6. The van der Waals surface area contributed by atoms with Gasteiger partial charge in [0.05, 0.1) is 17.2 Å². The highest BCUT2D eigenvalue weighted by Gasteiger charge is 2.22. The highest BCUT2D eigenvalue weighted by Crippen LogP contribution is 2.40. The summed E-state index contributed by atoms with van der Waals surface area (Å²) in [5.74, 6) is -2.14. The Morgan fingerprint density at radius 2 is 1.91 bits per heavy atom. The van der Waals surface area contributed by atoms with Gasteiger partial charge < -0.3 is 26.2 Å². The van der Waals surface area contributed by atoms with Crippen molar-refractivity contribution < 1.29 is 28.2 Å². The number of carbonyl (C=O) groups excluding carboxylic acids is 2. The van der Waals surface area contributed by atoms with Crippen LogP contribution in [0, 0.1) is 18.6 Å². The molecule has 0 aliphatic heterocycles. The van der Waals surface area contributed by atoms with Gasteiger partial charge in [0, 0.05) is 23.2 Å². The maximum Gasteiger partial charge on any atom is 0.407 e. The summed E-state index contributed by atoms with van der Waals surface area (Å²) in [6.07, 6.45) is -1.25. The number of nitrogens with zero attached hydrogens (tertiary/aromatic N) is 1. The number of carbonyl (C=O) groups is 2. The molecule has 1 unspecified atom stereocenters. The van der Waals surface area contributed by atoms with Crippen molar-refractivity contribution in [2.45, 2.75) is 33.0 Å². The average molecular weight is 491 g/mol. The summed E-state index contributed by atoms with van der Waals surface area (Å²) in [7, 11) is 1.45. The van der Waals surface area contributed by atoms with Gasteiger partial charge >= 0.3 is 6.09 Å². The normalized spacial score (nSPS) is 11.7. The van der Waals surface area contributed by atoms with Crippen LogP contribution in [0.15, 0.2) is 30.3 Å². The zero-order chi connectivity index (χ0) is 25.0. The second-order valence-electron chi connectivity index (χ2n) is 7.39. The molecule has 5 N–H and O–H groups in total. The number of hydrogen-bond acceptors (Lipinski definition) is 7. The Labute approximate surface area is 198 Å². The number of primary amides is 1. The number of rotatable bonds is 8. The molecule has 0 aliphatic carbocycles. The predicted molar refractivity (Wildman–Crippen MR) is 125 cm³/mol. The largest absolute Gasteiger partial charge is 0.445 e. The third-order valence-electron chi connectivity index (χ3n) is 5.08. The van der Waals surface area contributed by atoms with E-state index >= 15 is 0 Å². The van der Waals surface area contributed by atoms with Crippen molar-refractivity contribution in [3.8, 4) is 10.4 Å². The summed E-state index contributed by atoms with van der Waals surface area (Å²) >= 11 is 0.939. The molecule has 11 heteroatoms. The van der Waals surface area contributed by atoms with E-state index in [0.29, 0.717) is 23.5 Å². The van der Waals surface area contributed by atoms with E-state index in [4.69, 9.17) is 10.5 Å². The van der Waals surface area contributed by atoms with Gasteiger partial charge in [0.15, 0.2) is 0 Å². The van der Waals surface area contributed by atoms with Crippen LogP contribution in [0.5, 0.6) is 0 Å². The summed E-state index contributed by atoms with van der Waals surface area (Å²) in [4.78, 5) is 27.8. The Morgan fingerprint density at radius 1 is 1.24 bits per heavy atom. The van der Waals surface area contributed by atoms with E-state index < -0.39 is 29.7 Å². The average Bonchev–Trinajstić information content (AvgIpc) is 3.20. The Bertz CT molecular complexity index is 1210. The lowest BCUT2D eigenvalue weighted by atomic mass is 10.0. The van der Waals surface area contributed by atoms with Crippen molar-refractivity contribution in [3.63, 3.8) is 0 Å². The molecule has 34 heavy (non-hydrogen) atoms. The highest BCUT2D eigenvalue weighted by molar-refractivity contribution is 7.20. The molecule has 3 rings (SSSR count). The number of nitrogens with two attached hydrogens (primary N) is 1. The topological polar surface area (TPSA) is 127 Å². The van der Waals surface area contributed by atoms with Gasteiger partial charge in [-0.2, -0.15) is 0 Å². The molecule has 0 saturated heterocycles. The molecule has 2 heterocycles. The summed E-state index contributed by atoms with van der Waals surface area (Å²) in [6.45, 7) is 3.44. The predicted octanol–water partition coefficient (Wildman–Crippen LogP) is 4.54. The molecule has 0 spiro atoms. The van der Waals surface area contributed by atoms with Gasteiger partial charge in [0.1, 0.15) is 29.1 Å². The second-order valence-corrected chi connectivity index (χ2v) is 8.45. The first-order chi connectivity index (χ1) is 16.1. The number of aryl methyl sites for hydroxylation is 1. The van der Waals surface area contributed by atoms with Crippen molar-refractivity contribution in [2.75, 3.05) is 12.4 Å². The number of aromatic nitrogens is 1. The van der Waals surface area contributed by atoms with Crippen LogP contribution in [0.2, 0.25) is 0 Å². The maximum absolute atomic E-state index is 14.8. The van der Waals surface area contributed by atoms with Gasteiger partial charge in [0.2, 0.25) is 0 Å². The lowest BCUT2D eigenvalue weighted by Crippen LogP contribution is -2.19. The van der Waals surface area contributed by atoms with Crippen molar-refractivity contribution in [2.24, 2.45) is 5.73 Å². The van der Waals surface area contributed by atoms with Crippen LogP contribution in [-0.4, -0.2) is 29.1 Å². The van der Waals surface area contributed by atoms with E-state index in [1.807, 2.05) is 0 Å². The van der Waals surface area contributed by atoms with Crippen molar-refractivity contribution in [1.82, 2.24) is 10.3 Å². The Hall–Kier alpha value is -3.57. The molecule has 1 aromatic carbocycles. The summed E-state index contributed by atoms with van der Waals surface area (Å²) in [5.41, 5.74) is 6.59. The van der Waals surface area contributed by atoms with Gasteiger partial charge in [-0.15, -0.1) is 11.3 Å². The number of thiophene rings is 1. The van der Waals surface area contributed by atoms with E-state index in [2.05, 4.69) is 15.6 Å². The van der Waals surface area contributed by atoms with E-state index in [9.17, 15) is 23.5 Å². The number of hydrogen-bond donors (Lipinski definition) is 4. The minimum atomic E-state index is -0.987. The fourth-order valence-corrected chi connectivity index (χ4v) is 4.31. The molecule has 0 bridgehead atoms. The van der Waals surface area contributed by atoms with Gasteiger partial charge in [0.25, 0.3) is 5.91 Å². The number of pyridine rings is 1. The molecule has 3 aromatic rings. The number of amides is 2. The van der Waals surface area contributed by atoms with Crippen molar-refractivity contribution >= 4 is 34.2 Å². The summed E-state index contributed by atoms with van der Waals surface area (Å²) in [5, 5.41) is 15.5. The van der Waals surface area contributed by atoms with Crippen LogP contribution in [0.4, 0.5) is 24.4 Å². The molecular formula is C23H24F2N4O4S. The van der Waals surface area contributed by atoms with Crippen LogP contribution in [0.1, 0.15) is 46.6 Å². The van der Waals surface area contributed by atoms with Crippen LogP contribution in [0.25, 0.3) is 10.4 Å². The number of aliphatic hydroxyl groups excluding tert-OH is 1.